The molecule has 0 fully saturated rings. The molecule has 1 N–H and O–H groups in total. The van der Waals surface area contributed by atoms with Gasteiger partial charge in [0.1, 0.15) is 6.61 Å². The van der Waals surface area contributed by atoms with E-state index in [0.29, 0.717) is 17.1 Å². The summed E-state index contributed by atoms with van der Waals surface area (Å²) in [4.78, 5) is 11.9. The molecule has 0 unspecified atom stereocenters. The monoisotopic (exact) mass is 373 g/mol. The molecule has 0 spiro atoms. The molecule has 23 heavy (non-hydrogen) atoms. The van der Waals surface area contributed by atoms with Gasteiger partial charge in [-0.3, -0.25) is 4.79 Å². The molecular weight excluding hydrogens is 358 g/mol. The summed E-state index contributed by atoms with van der Waals surface area (Å²) >= 11 is 3.33. The Bertz CT molecular complexity index is 717. The van der Waals surface area contributed by atoms with Crippen LogP contribution in [0.4, 0.5) is 0 Å². The summed E-state index contributed by atoms with van der Waals surface area (Å²) in [6.07, 6.45) is 0. The Morgan fingerprint density at radius 1 is 1.09 bits per heavy atom. The predicted octanol–water partition coefficient (Wildman–Crippen LogP) is 3.27. The number of carbonyl (C=O) groups is 1. The van der Waals surface area contributed by atoms with E-state index in [1.807, 2.05) is 36.4 Å². The first-order valence-electron chi connectivity index (χ1n) is 6.96. The molecule has 0 atom stereocenters. The molecule has 118 valence electrons. The number of carbonyl (C=O) groups excluding carboxylic acids is 1. The van der Waals surface area contributed by atoms with Crippen molar-refractivity contribution in [2.24, 2.45) is 0 Å². The third-order valence-corrected chi connectivity index (χ3v) is 3.47. The largest absolute Gasteiger partial charge is 0.493 e. The van der Waals surface area contributed by atoms with Gasteiger partial charge in [0.15, 0.2) is 11.5 Å². The van der Waals surface area contributed by atoms with E-state index in [1.54, 1.807) is 19.2 Å². The predicted molar refractivity (Wildman–Crippen MR) is 92.7 cm³/mol. The Kier molecular flexibility index (Phi) is 6.52. The summed E-state index contributed by atoms with van der Waals surface area (Å²) in [6.45, 7) is 0.499. The Morgan fingerprint density at radius 2 is 1.78 bits per heavy atom. The van der Waals surface area contributed by atoms with Crippen LogP contribution in [-0.2, 0) is 0 Å². The summed E-state index contributed by atoms with van der Waals surface area (Å²) in [6, 6.07) is 14.5. The van der Waals surface area contributed by atoms with Crippen molar-refractivity contribution in [3.8, 4) is 23.3 Å². The Balaban J connectivity index is 1.76. The van der Waals surface area contributed by atoms with Crippen molar-refractivity contribution in [3.63, 3.8) is 0 Å². The van der Waals surface area contributed by atoms with Crippen LogP contribution in [0.1, 0.15) is 10.4 Å². The zero-order valence-corrected chi connectivity index (χ0v) is 14.2. The van der Waals surface area contributed by atoms with Crippen LogP contribution in [0.5, 0.6) is 11.5 Å². The van der Waals surface area contributed by atoms with Crippen LogP contribution in [0.3, 0.4) is 0 Å². The second-order valence-corrected chi connectivity index (χ2v) is 5.40. The number of para-hydroxylation sites is 2. The molecule has 2 aromatic carbocycles. The highest BCUT2D eigenvalue weighted by Crippen LogP contribution is 2.25. The highest BCUT2D eigenvalue weighted by atomic mass is 79.9. The summed E-state index contributed by atoms with van der Waals surface area (Å²) in [5, 5.41) is 2.73. The number of amides is 1. The molecule has 1 amide bonds. The fourth-order valence-electron chi connectivity index (χ4n) is 1.79. The standard InChI is InChI=1S/C18H16BrNO3/c1-22-16-6-2-3-7-17(16)23-13-5-4-12-20-18(21)14-8-10-15(19)11-9-14/h2-3,6-11H,12-13H2,1H3,(H,20,21). The van der Waals surface area contributed by atoms with Crippen LogP contribution < -0.4 is 14.8 Å². The van der Waals surface area contributed by atoms with Crippen molar-refractivity contribution in [2.75, 3.05) is 20.3 Å². The van der Waals surface area contributed by atoms with Gasteiger partial charge in [-0.05, 0) is 36.4 Å². The van der Waals surface area contributed by atoms with Crippen LogP contribution in [0.2, 0.25) is 0 Å². The number of methoxy groups -OCH3 is 1. The van der Waals surface area contributed by atoms with E-state index in [4.69, 9.17) is 9.47 Å². The van der Waals surface area contributed by atoms with Gasteiger partial charge >= 0.3 is 0 Å². The molecule has 0 aliphatic heterocycles. The van der Waals surface area contributed by atoms with Gasteiger partial charge in [-0.25, -0.2) is 0 Å². The van der Waals surface area contributed by atoms with Crippen LogP contribution in [0, 0.1) is 11.8 Å². The van der Waals surface area contributed by atoms with E-state index in [0.717, 1.165) is 4.47 Å². The maximum absolute atomic E-state index is 11.9. The first-order valence-corrected chi connectivity index (χ1v) is 7.75. The molecule has 0 heterocycles. The number of nitrogens with one attached hydrogen (secondary N) is 1. The Labute approximate surface area is 143 Å². The summed E-state index contributed by atoms with van der Waals surface area (Å²) < 4.78 is 11.6. The number of rotatable bonds is 5. The van der Waals surface area contributed by atoms with Crippen molar-refractivity contribution in [1.82, 2.24) is 5.32 Å². The van der Waals surface area contributed by atoms with E-state index in [9.17, 15) is 4.79 Å². The minimum absolute atomic E-state index is 0.155. The van der Waals surface area contributed by atoms with Gasteiger partial charge in [0.2, 0.25) is 0 Å². The van der Waals surface area contributed by atoms with Gasteiger partial charge in [0.25, 0.3) is 5.91 Å². The lowest BCUT2D eigenvalue weighted by atomic mass is 10.2. The normalized spacial score (nSPS) is 9.48. The average Bonchev–Trinajstić information content (AvgIpc) is 2.58. The second kappa shape index (κ2) is 8.86. The summed E-state index contributed by atoms with van der Waals surface area (Å²) in [5.74, 6) is 6.85. The van der Waals surface area contributed by atoms with E-state index >= 15 is 0 Å². The Hall–Kier alpha value is -2.45. The molecule has 5 heteroatoms. The molecule has 2 rings (SSSR count). The highest BCUT2D eigenvalue weighted by molar-refractivity contribution is 9.10. The van der Waals surface area contributed by atoms with Crippen molar-refractivity contribution < 1.29 is 14.3 Å². The second-order valence-electron chi connectivity index (χ2n) is 4.48. The SMILES string of the molecule is COc1ccccc1OCC#CCNC(=O)c1ccc(Br)cc1. The maximum atomic E-state index is 11.9. The quantitative estimate of drug-likeness (QED) is 0.818. The molecule has 2 aromatic rings. The van der Waals surface area contributed by atoms with Crippen molar-refractivity contribution in [2.45, 2.75) is 0 Å². The van der Waals surface area contributed by atoms with Crippen LogP contribution in [0.15, 0.2) is 53.0 Å². The van der Waals surface area contributed by atoms with Crippen molar-refractivity contribution >= 4 is 21.8 Å². The molecule has 0 radical (unpaired) electrons. The van der Waals surface area contributed by atoms with Crippen LogP contribution >= 0.6 is 15.9 Å². The molecule has 0 aliphatic rings. The van der Waals surface area contributed by atoms with Gasteiger partial charge < -0.3 is 14.8 Å². The minimum Gasteiger partial charge on any atom is -0.493 e. The first-order chi connectivity index (χ1) is 11.2. The van der Waals surface area contributed by atoms with Gasteiger partial charge in [-0.2, -0.15) is 0 Å². The fourth-order valence-corrected chi connectivity index (χ4v) is 2.06. The van der Waals surface area contributed by atoms with E-state index in [-0.39, 0.29) is 19.1 Å². The van der Waals surface area contributed by atoms with Crippen LogP contribution in [-0.4, -0.2) is 26.2 Å². The van der Waals surface area contributed by atoms with Gasteiger partial charge in [0, 0.05) is 10.0 Å². The topological polar surface area (TPSA) is 47.6 Å². The number of ether oxygens (including phenoxy) is 2. The van der Waals surface area contributed by atoms with Crippen molar-refractivity contribution in [1.29, 1.82) is 0 Å². The van der Waals surface area contributed by atoms with E-state index in [1.165, 1.54) is 0 Å². The zero-order chi connectivity index (χ0) is 16.5. The minimum atomic E-state index is -0.155. The average molecular weight is 374 g/mol. The lowest BCUT2D eigenvalue weighted by Gasteiger charge is -2.07. The number of halogens is 1. The third kappa shape index (κ3) is 5.35. The lowest BCUT2D eigenvalue weighted by Crippen LogP contribution is -2.23. The molecule has 0 aromatic heterocycles. The maximum Gasteiger partial charge on any atom is 0.252 e. The molecule has 0 saturated heterocycles. The van der Waals surface area contributed by atoms with Crippen LogP contribution in [0.25, 0.3) is 0 Å². The number of hydrogen-bond donors (Lipinski definition) is 1. The van der Waals surface area contributed by atoms with Gasteiger partial charge in [-0.15, -0.1) is 0 Å². The zero-order valence-electron chi connectivity index (χ0n) is 12.6. The molecular formula is C18H16BrNO3. The first kappa shape index (κ1) is 16.9. The lowest BCUT2D eigenvalue weighted by molar-refractivity contribution is 0.0958. The summed E-state index contributed by atoms with van der Waals surface area (Å²) in [5.41, 5.74) is 0.597. The third-order valence-electron chi connectivity index (χ3n) is 2.94. The smallest absolute Gasteiger partial charge is 0.252 e. The molecule has 0 bridgehead atoms. The number of hydrogen-bond acceptors (Lipinski definition) is 3. The summed E-state index contributed by atoms with van der Waals surface area (Å²) in [7, 11) is 1.59. The Morgan fingerprint density at radius 3 is 2.48 bits per heavy atom. The van der Waals surface area contributed by atoms with E-state index in [2.05, 4.69) is 33.1 Å². The van der Waals surface area contributed by atoms with Crippen molar-refractivity contribution in [3.05, 3.63) is 58.6 Å². The molecule has 4 nitrogen and oxygen atoms in total. The molecule has 0 aliphatic carbocycles. The van der Waals surface area contributed by atoms with Gasteiger partial charge in [-0.1, -0.05) is 39.9 Å². The highest BCUT2D eigenvalue weighted by Gasteiger charge is 2.03. The number of benzene rings is 2. The van der Waals surface area contributed by atoms with Gasteiger partial charge in [0.05, 0.1) is 13.7 Å². The fraction of sp³-hybridized carbons (Fsp3) is 0.167. The van der Waals surface area contributed by atoms with E-state index < -0.39 is 0 Å². The molecule has 0 saturated carbocycles.